The summed E-state index contributed by atoms with van der Waals surface area (Å²) in [6.07, 6.45) is 1.49. The highest BCUT2D eigenvalue weighted by molar-refractivity contribution is 7.22. The summed E-state index contributed by atoms with van der Waals surface area (Å²) in [6, 6.07) is 16.3. The standard InChI is InChI=1S/C24H21FN4O2S/c1-16(30)28-10-12-29(13-11-28)19-6-8-20(9-7-19)31-24-23-21(26-15-27-24)14-22(32-23)17-2-4-18(25)5-3-17/h2-9,14-15H,10-13H2,1H3. The number of ether oxygens (including phenoxy) is 1. The molecule has 5 rings (SSSR count). The fourth-order valence-corrected chi connectivity index (χ4v) is 4.82. The van der Waals surface area contributed by atoms with Crippen LogP contribution in [0.1, 0.15) is 6.92 Å². The Kier molecular flexibility index (Phi) is 5.45. The van der Waals surface area contributed by atoms with Gasteiger partial charge in [0.2, 0.25) is 11.8 Å². The molecule has 4 aromatic rings. The van der Waals surface area contributed by atoms with Crippen LogP contribution >= 0.6 is 11.3 Å². The zero-order valence-corrected chi connectivity index (χ0v) is 18.3. The molecule has 0 bridgehead atoms. The van der Waals surface area contributed by atoms with Crippen molar-refractivity contribution in [3.63, 3.8) is 0 Å². The highest BCUT2D eigenvalue weighted by Crippen LogP contribution is 2.38. The van der Waals surface area contributed by atoms with Crippen LogP contribution in [0.2, 0.25) is 0 Å². The largest absolute Gasteiger partial charge is 0.437 e. The molecule has 0 N–H and O–H groups in total. The number of amides is 1. The van der Waals surface area contributed by atoms with E-state index in [0.29, 0.717) is 11.6 Å². The molecule has 2 aromatic heterocycles. The van der Waals surface area contributed by atoms with E-state index < -0.39 is 0 Å². The summed E-state index contributed by atoms with van der Waals surface area (Å²) >= 11 is 1.52. The third-order valence-corrected chi connectivity index (χ3v) is 6.71. The Morgan fingerprint density at radius 2 is 1.72 bits per heavy atom. The highest BCUT2D eigenvalue weighted by Gasteiger charge is 2.19. The Bertz CT molecular complexity index is 1250. The number of anilines is 1. The predicted molar refractivity (Wildman–Crippen MR) is 124 cm³/mol. The Balaban J connectivity index is 1.33. The van der Waals surface area contributed by atoms with Crippen molar-refractivity contribution in [2.45, 2.75) is 6.92 Å². The Hall–Kier alpha value is -3.52. The van der Waals surface area contributed by atoms with Gasteiger partial charge in [0, 0.05) is 43.7 Å². The van der Waals surface area contributed by atoms with Crippen LogP contribution in [-0.4, -0.2) is 47.0 Å². The number of piperazine rings is 1. The minimum atomic E-state index is -0.261. The third-order valence-electron chi connectivity index (χ3n) is 5.55. The van der Waals surface area contributed by atoms with E-state index >= 15 is 0 Å². The second-order valence-electron chi connectivity index (χ2n) is 7.60. The van der Waals surface area contributed by atoms with Crippen LogP contribution in [0.3, 0.4) is 0 Å². The monoisotopic (exact) mass is 448 g/mol. The van der Waals surface area contributed by atoms with Crippen molar-refractivity contribution >= 4 is 33.1 Å². The summed E-state index contributed by atoms with van der Waals surface area (Å²) in [5.74, 6) is 1.05. The molecule has 3 heterocycles. The van der Waals surface area contributed by atoms with Crippen molar-refractivity contribution in [1.82, 2.24) is 14.9 Å². The smallest absolute Gasteiger partial charge is 0.240 e. The van der Waals surface area contributed by atoms with Crippen LogP contribution < -0.4 is 9.64 Å². The first kappa shape index (κ1) is 20.4. The lowest BCUT2D eigenvalue weighted by molar-refractivity contribution is -0.129. The third kappa shape index (κ3) is 4.13. The van der Waals surface area contributed by atoms with Gasteiger partial charge >= 0.3 is 0 Å². The van der Waals surface area contributed by atoms with E-state index in [9.17, 15) is 9.18 Å². The molecule has 1 amide bonds. The quantitative estimate of drug-likeness (QED) is 0.442. The number of aromatic nitrogens is 2. The topological polar surface area (TPSA) is 58.6 Å². The molecule has 1 saturated heterocycles. The maximum atomic E-state index is 13.3. The maximum absolute atomic E-state index is 13.3. The SMILES string of the molecule is CC(=O)N1CCN(c2ccc(Oc3ncnc4cc(-c5ccc(F)cc5)sc34)cc2)CC1. The van der Waals surface area contributed by atoms with Gasteiger partial charge in [-0.3, -0.25) is 4.79 Å². The molecule has 6 nitrogen and oxygen atoms in total. The first-order valence-corrected chi connectivity index (χ1v) is 11.2. The minimum Gasteiger partial charge on any atom is -0.437 e. The second-order valence-corrected chi connectivity index (χ2v) is 8.65. The molecule has 0 radical (unpaired) electrons. The van der Waals surface area contributed by atoms with Gasteiger partial charge in [0.05, 0.1) is 5.52 Å². The normalized spacial score (nSPS) is 14.1. The number of nitrogens with zero attached hydrogens (tertiary/aromatic N) is 4. The molecule has 0 spiro atoms. The molecule has 8 heteroatoms. The van der Waals surface area contributed by atoms with E-state index in [4.69, 9.17) is 4.74 Å². The molecule has 1 fully saturated rings. The number of carbonyl (C=O) groups is 1. The average molecular weight is 449 g/mol. The number of fused-ring (bicyclic) bond motifs is 1. The summed E-state index contributed by atoms with van der Waals surface area (Å²) < 4.78 is 20.2. The van der Waals surface area contributed by atoms with Crippen molar-refractivity contribution in [2.75, 3.05) is 31.1 Å². The highest BCUT2D eigenvalue weighted by atomic mass is 32.1. The summed E-state index contributed by atoms with van der Waals surface area (Å²) in [5, 5.41) is 0. The second kappa shape index (κ2) is 8.55. The van der Waals surface area contributed by atoms with E-state index in [-0.39, 0.29) is 11.7 Å². The molecule has 2 aromatic carbocycles. The first-order valence-electron chi connectivity index (χ1n) is 10.4. The summed E-state index contributed by atoms with van der Waals surface area (Å²) in [4.78, 5) is 25.3. The molecule has 162 valence electrons. The number of rotatable bonds is 4. The number of hydrogen-bond acceptors (Lipinski definition) is 6. The van der Waals surface area contributed by atoms with Gasteiger partial charge in [-0.25, -0.2) is 14.4 Å². The van der Waals surface area contributed by atoms with Crippen molar-refractivity contribution in [3.05, 3.63) is 66.7 Å². The van der Waals surface area contributed by atoms with Gasteiger partial charge in [0.15, 0.2) is 0 Å². The van der Waals surface area contributed by atoms with Crippen LogP contribution in [0.5, 0.6) is 11.6 Å². The Morgan fingerprint density at radius 1 is 1.00 bits per heavy atom. The summed E-state index contributed by atoms with van der Waals surface area (Å²) in [6.45, 7) is 4.71. The van der Waals surface area contributed by atoms with E-state index in [1.54, 1.807) is 19.1 Å². The van der Waals surface area contributed by atoms with E-state index in [2.05, 4.69) is 14.9 Å². The van der Waals surface area contributed by atoms with E-state index in [1.807, 2.05) is 35.2 Å². The molecule has 0 aliphatic carbocycles. The van der Waals surface area contributed by atoms with Gasteiger partial charge in [-0.2, -0.15) is 0 Å². The van der Waals surface area contributed by atoms with Crippen molar-refractivity contribution in [2.24, 2.45) is 0 Å². The van der Waals surface area contributed by atoms with Crippen LogP contribution in [0.15, 0.2) is 60.9 Å². The predicted octanol–water partition coefficient (Wildman–Crippen LogP) is 4.96. The maximum Gasteiger partial charge on any atom is 0.240 e. The van der Waals surface area contributed by atoms with Crippen molar-refractivity contribution < 1.29 is 13.9 Å². The molecule has 1 aliphatic heterocycles. The number of hydrogen-bond donors (Lipinski definition) is 0. The lowest BCUT2D eigenvalue weighted by atomic mass is 10.2. The number of halogens is 1. The zero-order valence-electron chi connectivity index (χ0n) is 17.5. The number of carbonyl (C=O) groups excluding carboxylic acids is 1. The molecule has 0 saturated carbocycles. The van der Waals surface area contributed by atoms with Crippen LogP contribution in [0.25, 0.3) is 20.7 Å². The molecule has 32 heavy (non-hydrogen) atoms. The molecular weight excluding hydrogens is 427 g/mol. The summed E-state index contributed by atoms with van der Waals surface area (Å²) in [7, 11) is 0. The Labute approximate surface area is 188 Å². The fraction of sp³-hybridized carbons (Fsp3) is 0.208. The lowest BCUT2D eigenvalue weighted by Gasteiger charge is -2.35. The van der Waals surface area contributed by atoms with Gasteiger partial charge in [-0.05, 0) is 48.0 Å². The van der Waals surface area contributed by atoms with Gasteiger partial charge in [-0.15, -0.1) is 11.3 Å². The number of benzene rings is 2. The van der Waals surface area contributed by atoms with Gasteiger partial charge in [0.1, 0.15) is 22.6 Å². The Morgan fingerprint density at radius 3 is 2.41 bits per heavy atom. The van der Waals surface area contributed by atoms with Crippen LogP contribution in [-0.2, 0) is 4.79 Å². The minimum absolute atomic E-state index is 0.126. The molecule has 0 unspecified atom stereocenters. The van der Waals surface area contributed by atoms with E-state index in [1.165, 1.54) is 29.8 Å². The molecule has 0 atom stereocenters. The lowest BCUT2D eigenvalue weighted by Crippen LogP contribution is -2.48. The van der Waals surface area contributed by atoms with Crippen LogP contribution in [0.4, 0.5) is 10.1 Å². The van der Waals surface area contributed by atoms with Gasteiger partial charge < -0.3 is 14.5 Å². The number of thiophene rings is 1. The van der Waals surface area contributed by atoms with Crippen molar-refractivity contribution in [1.29, 1.82) is 0 Å². The zero-order chi connectivity index (χ0) is 22.1. The first-order chi connectivity index (χ1) is 15.6. The van der Waals surface area contributed by atoms with E-state index in [0.717, 1.165) is 52.5 Å². The van der Waals surface area contributed by atoms with Gasteiger partial charge in [0.25, 0.3) is 0 Å². The van der Waals surface area contributed by atoms with Crippen molar-refractivity contribution in [3.8, 4) is 22.1 Å². The molecular formula is C24H21FN4O2S. The van der Waals surface area contributed by atoms with Gasteiger partial charge in [-0.1, -0.05) is 12.1 Å². The summed E-state index contributed by atoms with van der Waals surface area (Å²) in [5.41, 5.74) is 2.82. The van der Waals surface area contributed by atoms with Crippen LogP contribution in [0, 0.1) is 5.82 Å². The average Bonchev–Trinajstić information content (AvgIpc) is 3.26. The fourth-order valence-electron chi connectivity index (χ4n) is 3.78. The molecule has 1 aliphatic rings.